The number of pyridine rings is 1. The minimum atomic E-state index is -4.75. The Bertz CT molecular complexity index is 1400. The van der Waals surface area contributed by atoms with Crippen LogP contribution in [0.25, 0.3) is 21.3 Å². The lowest BCUT2D eigenvalue weighted by molar-refractivity contribution is -0.141. The highest BCUT2D eigenvalue weighted by atomic mass is 32.1. The first-order chi connectivity index (χ1) is 14.5. The number of halogens is 3. The Morgan fingerprint density at radius 3 is 2.65 bits per heavy atom. The molecule has 0 spiro atoms. The Morgan fingerprint density at radius 1 is 1.23 bits per heavy atom. The lowest BCUT2D eigenvalue weighted by Crippen LogP contribution is -2.20. The summed E-state index contributed by atoms with van der Waals surface area (Å²) in [5, 5.41) is 11.9. The monoisotopic (exact) mass is 449 g/mol. The maximum atomic E-state index is 13.7. The van der Waals surface area contributed by atoms with Crippen molar-refractivity contribution in [2.75, 3.05) is 5.32 Å². The van der Waals surface area contributed by atoms with E-state index in [4.69, 9.17) is 5.11 Å². The molecule has 0 aliphatic carbocycles. The highest BCUT2D eigenvalue weighted by Gasteiger charge is 2.37. The van der Waals surface area contributed by atoms with E-state index in [1.807, 2.05) is 0 Å². The zero-order valence-electron chi connectivity index (χ0n) is 16.0. The Morgan fingerprint density at radius 2 is 1.97 bits per heavy atom. The van der Waals surface area contributed by atoms with Crippen molar-refractivity contribution in [3.63, 3.8) is 0 Å². The predicted molar refractivity (Wildman–Crippen MR) is 109 cm³/mol. The quantitative estimate of drug-likeness (QED) is 0.428. The van der Waals surface area contributed by atoms with Crippen LogP contribution in [0.4, 0.5) is 18.9 Å². The normalized spacial score (nSPS) is 12.9. The van der Waals surface area contributed by atoms with Crippen molar-refractivity contribution in [1.29, 1.82) is 0 Å². The van der Waals surface area contributed by atoms with Gasteiger partial charge in [-0.3, -0.25) is 4.79 Å². The van der Waals surface area contributed by atoms with Gasteiger partial charge in [0.1, 0.15) is 5.82 Å². The summed E-state index contributed by atoms with van der Waals surface area (Å²) in [6.07, 6.45) is -4.75. The van der Waals surface area contributed by atoms with Gasteiger partial charge in [0.05, 0.1) is 21.6 Å². The van der Waals surface area contributed by atoms with Gasteiger partial charge >= 0.3 is 12.1 Å². The third-order valence-electron chi connectivity index (χ3n) is 4.53. The summed E-state index contributed by atoms with van der Waals surface area (Å²) in [7, 11) is 0. The van der Waals surface area contributed by atoms with Crippen molar-refractivity contribution in [2.45, 2.75) is 26.1 Å². The molecular weight excluding hydrogens is 435 g/mol. The van der Waals surface area contributed by atoms with Crippen LogP contribution in [0.5, 0.6) is 0 Å². The number of aryl methyl sites for hydroxylation is 1. The Balaban J connectivity index is 1.77. The van der Waals surface area contributed by atoms with Crippen LogP contribution in [0.15, 0.2) is 29.1 Å². The van der Waals surface area contributed by atoms with Gasteiger partial charge in [0, 0.05) is 11.3 Å². The summed E-state index contributed by atoms with van der Waals surface area (Å²) in [4.78, 5) is 37.3. The standard InChI is InChI=1S/C19H14F3N5O3S/c1-7(23-9-3-4-12-13(5-9)31-17(26-12)18(29)30)10-6-11-15(24-8(2)25-16(11)28)27-14(10)19(20,21)22/h3-7,23H,1-2H3,(H,29,30)(H,24,25,27,28). The molecule has 1 unspecified atom stereocenters. The van der Waals surface area contributed by atoms with Crippen molar-refractivity contribution in [3.05, 3.63) is 56.7 Å². The third kappa shape index (κ3) is 3.93. The maximum absolute atomic E-state index is 13.7. The molecule has 0 saturated heterocycles. The molecule has 1 atom stereocenters. The molecule has 3 N–H and O–H groups in total. The molecule has 12 heteroatoms. The molecule has 3 aromatic heterocycles. The van der Waals surface area contributed by atoms with E-state index in [0.29, 0.717) is 15.9 Å². The van der Waals surface area contributed by atoms with Crippen LogP contribution < -0.4 is 10.9 Å². The average Bonchev–Trinajstić information content (AvgIpc) is 3.10. The molecule has 160 valence electrons. The van der Waals surface area contributed by atoms with Gasteiger partial charge in [0.25, 0.3) is 5.56 Å². The van der Waals surface area contributed by atoms with E-state index in [9.17, 15) is 22.8 Å². The number of nitrogens with one attached hydrogen (secondary N) is 2. The zero-order valence-corrected chi connectivity index (χ0v) is 16.9. The highest BCUT2D eigenvalue weighted by Crippen LogP contribution is 2.36. The number of alkyl halides is 3. The lowest BCUT2D eigenvalue weighted by Gasteiger charge is -2.20. The van der Waals surface area contributed by atoms with Crippen LogP contribution in [-0.2, 0) is 6.18 Å². The fraction of sp³-hybridized carbons (Fsp3) is 0.211. The number of anilines is 1. The molecule has 3 heterocycles. The van der Waals surface area contributed by atoms with Crippen LogP contribution in [0.2, 0.25) is 0 Å². The predicted octanol–water partition coefficient (Wildman–Crippen LogP) is 4.13. The second-order valence-corrected chi connectivity index (χ2v) is 7.85. The number of hydrogen-bond acceptors (Lipinski definition) is 7. The second kappa shape index (κ2) is 7.30. The number of rotatable bonds is 4. The van der Waals surface area contributed by atoms with Gasteiger partial charge in [-0.1, -0.05) is 0 Å². The summed E-state index contributed by atoms with van der Waals surface area (Å²) in [6.45, 7) is 2.96. The Hall–Kier alpha value is -3.54. The van der Waals surface area contributed by atoms with Crippen LogP contribution >= 0.6 is 11.3 Å². The molecule has 4 rings (SSSR count). The molecule has 0 amide bonds. The number of fused-ring (bicyclic) bond motifs is 2. The minimum absolute atomic E-state index is 0.0498. The average molecular weight is 449 g/mol. The van der Waals surface area contributed by atoms with E-state index < -0.39 is 29.4 Å². The molecule has 0 radical (unpaired) electrons. The first-order valence-corrected chi connectivity index (χ1v) is 9.74. The van der Waals surface area contributed by atoms with Crippen molar-refractivity contribution in [2.24, 2.45) is 0 Å². The van der Waals surface area contributed by atoms with Gasteiger partial charge in [0.2, 0.25) is 5.01 Å². The van der Waals surface area contributed by atoms with Crippen molar-refractivity contribution in [1.82, 2.24) is 19.9 Å². The van der Waals surface area contributed by atoms with Crippen molar-refractivity contribution in [3.8, 4) is 0 Å². The second-order valence-electron chi connectivity index (χ2n) is 6.82. The Kier molecular flexibility index (Phi) is 4.88. The summed E-state index contributed by atoms with van der Waals surface area (Å²) in [5.74, 6) is -0.995. The topological polar surface area (TPSA) is 121 Å². The van der Waals surface area contributed by atoms with Crippen LogP contribution in [0, 0.1) is 6.92 Å². The largest absolute Gasteiger partial charge is 0.476 e. The summed E-state index contributed by atoms with van der Waals surface area (Å²) in [5.41, 5.74) is -1.28. The number of nitrogens with zero attached hydrogens (tertiary/aromatic N) is 3. The fourth-order valence-corrected chi connectivity index (χ4v) is 4.02. The lowest BCUT2D eigenvalue weighted by atomic mass is 10.0. The number of hydrogen-bond donors (Lipinski definition) is 3. The Labute approximate surface area is 175 Å². The summed E-state index contributed by atoms with van der Waals surface area (Å²) in [6, 6.07) is 5.04. The third-order valence-corrected chi connectivity index (χ3v) is 5.54. The fourth-order valence-electron chi connectivity index (χ4n) is 3.18. The first kappa shape index (κ1) is 20.7. The van der Waals surface area contributed by atoms with Crippen LogP contribution in [0.3, 0.4) is 0 Å². The van der Waals surface area contributed by atoms with Crippen LogP contribution in [0.1, 0.15) is 39.8 Å². The SMILES string of the molecule is Cc1nc2nc(C(F)(F)F)c(C(C)Nc3ccc4nc(C(=O)O)sc4c3)cc2c(=O)[nH]1. The number of thiazole rings is 1. The number of H-pyrrole nitrogens is 1. The van der Waals surface area contributed by atoms with Gasteiger partial charge in [-0.15, -0.1) is 11.3 Å². The molecular formula is C19H14F3N5O3S. The van der Waals surface area contributed by atoms with Crippen molar-refractivity contribution >= 4 is 44.2 Å². The number of carbonyl (C=O) groups is 1. The molecule has 4 aromatic rings. The van der Waals surface area contributed by atoms with Gasteiger partial charge in [0.15, 0.2) is 11.3 Å². The van der Waals surface area contributed by atoms with Gasteiger partial charge < -0.3 is 15.4 Å². The molecule has 8 nitrogen and oxygen atoms in total. The van der Waals surface area contributed by atoms with Crippen molar-refractivity contribution < 1.29 is 23.1 Å². The van der Waals surface area contributed by atoms with Gasteiger partial charge in [-0.2, -0.15) is 13.2 Å². The number of aromatic nitrogens is 4. The molecule has 0 aliphatic heterocycles. The molecule has 0 bridgehead atoms. The van der Waals surface area contributed by atoms with E-state index in [2.05, 4.69) is 25.3 Å². The van der Waals surface area contributed by atoms with E-state index in [1.54, 1.807) is 18.2 Å². The van der Waals surface area contributed by atoms with E-state index >= 15 is 0 Å². The number of benzene rings is 1. The van der Waals surface area contributed by atoms with E-state index in [1.165, 1.54) is 13.8 Å². The minimum Gasteiger partial charge on any atom is -0.476 e. The molecule has 0 aliphatic rings. The zero-order chi connectivity index (χ0) is 22.5. The molecule has 0 saturated carbocycles. The first-order valence-electron chi connectivity index (χ1n) is 8.92. The number of aromatic amines is 1. The number of carboxylic acid groups (broad SMARTS) is 1. The van der Waals surface area contributed by atoms with Gasteiger partial charge in [-0.25, -0.2) is 19.7 Å². The molecule has 31 heavy (non-hydrogen) atoms. The van der Waals surface area contributed by atoms with Crippen LogP contribution in [-0.4, -0.2) is 31.0 Å². The summed E-state index contributed by atoms with van der Waals surface area (Å²) < 4.78 is 41.7. The van der Waals surface area contributed by atoms with E-state index in [-0.39, 0.29) is 27.4 Å². The smallest absolute Gasteiger partial charge is 0.433 e. The van der Waals surface area contributed by atoms with E-state index in [0.717, 1.165) is 17.4 Å². The maximum Gasteiger partial charge on any atom is 0.433 e. The number of aromatic carboxylic acids is 1. The molecule has 1 aromatic carbocycles. The number of carboxylic acids is 1. The van der Waals surface area contributed by atoms with Gasteiger partial charge in [-0.05, 0) is 38.1 Å². The highest BCUT2D eigenvalue weighted by molar-refractivity contribution is 7.20. The summed E-state index contributed by atoms with van der Waals surface area (Å²) >= 11 is 0.958. The molecule has 0 fully saturated rings.